The highest BCUT2D eigenvalue weighted by molar-refractivity contribution is 5.81. The average Bonchev–Trinajstić information content (AvgIpc) is 2.87. The summed E-state index contributed by atoms with van der Waals surface area (Å²) in [6.07, 6.45) is 33.9. The molecule has 0 atom stereocenters. The quantitative estimate of drug-likeness (QED) is 0.0872. The third-order valence-electron chi connectivity index (χ3n) is 8.35. The van der Waals surface area contributed by atoms with Crippen LogP contribution in [0.25, 0.3) is 0 Å². The fourth-order valence-electron chi connectivity index (χ4n) is 6.14. The van der Waals surface area contributed by atoms with E-state index in [-0.39, 0.29) is 5.41 Å². The fourth-order valence-corrected chi connectivity index (χ4v) is 6.14. The first kappa shape index (κ1) is 37.5. The van der Waals surface area contributed by atoms with E-state index < -0.39 is 0 Å². The van der Waals surface area contributed by atoms with Gasteiger partial charge < -0.3 is 4.90 Å². The van der Waals surface area contributed by atoms with Crippen molar-refractivity contribution in [2.75, 3.05) is 13.1 Å². The predicted molar refractivity (Wildman–Crippen MR) is 172 cm³/mol. The van der Waals surface area contributed by atoms with Crippen molar-refractivity contribution in [1.29, 1.82) is 0 Å². The number of nitrogens with zero attached hydrogens (tertiary/aromatic N) is 1. The molecule has 2 nitrogen and oxygen atoms in total. The van der Waals surface area contributed by atoms with Crippen molar-refractivity contribution in [3.05, 3.63) is 0 Å². The van der Waals surface area contributed by atoms with Crippen LogP contribution in [0.5, 0.6) is 0 Å². The van der Waals surface area contributed by atoms with Crippen LogP contribution in [0.4, 0.5) is 0 Å². The molecule has 38 heavy (non-hydrogen) atoms. The van der Waals surface area contributed by atoms with Crippen molar-refractivity contribution in [1.82, 2.24) is 4.90 Å². The Labute approximate surface area is 241 Å². The molecular formula is C36H73NO. The Bertz CT molecular complexity index is 470. The zero-order valence-corrected chi connectivity index (χ0v) is 27.5. The van der Waals surface area contributed by atoms with E-state index in [1.54, 1.807) is 0 Å². The summed E-state index contributed by atoms with van der Waals surface area (Å²) in [6.45, 7) is 15.4. The van der Waals surface area contributed by atoms with Crippen molar-refractivity contribution in [3.8, 4) is 0 Å². The summed E-state index contributed by atoms with van der Waals surface area (Å²) in [6, 6.07) is 0. The molecule has 0 unspecified atom stereocenters. The maximum atomic E-state index is 13.5. The molecule has 0 fully saturated rings. The van der Waals surface area contributed by atoms with Gasteiger partial charge in [0.25, 0.3) is 0 Å². The van der Waals surface area contributed by atoms with Gasteiger partial charge in [-0.2, -0.15) is 0 Å². The van der Waals surface area contributed by atoms with Crippen LogP contribution in [-0.4, -0.2) is 23.9 Å². The summed E-state index contributed by atoms with van der Waals surface area (Å²) < 4.78 is 0. The lowest BCUT2D eigenvalue weighted by Gasteiger charge is -2.33. The van der Waals surface area contributed by atoms with Crippen LogP contribution in [0.2, 0.25) is 0 Å². The molecule has 0 aromatic carbocycles. The summed E-state index contributed by atoms with van der Waals surface area (Å²) >= 11 is 0. The molecule has 0 saturated heterocycles. The maximum Gasteiger partial charge on any atom is 0.228 e. The number of unbranched alkanes of at least 4 members (excludes halogenated alkanes) is 22. The monoisotopic (exact) mass is 536 g/mol. The zero-order chi connectivity index (χ0) is 28.3. The van der Waals surface area contributed by atoms with E-state index in [1.165, 1.54) is 154 Å². The second-order valence-corrected chi connectivity index (χ2v) is 13.6. The topological polar surface area (TPSA) is 20.3 Å². The second kappa shape index (κ2) is 26.7. The molecule has 0 aliphatic heterocycles. The second-order valence-electron chi connectivity index (χ2n) is 13.6. The Morgan fingerprint density at radius 1 is 0.500 bits per heavy atom. The van der Waals surface area contributed by atoms with E-state index in [0.29, 0.717) is 11.8 Å². The zero-order valence-electron chi connectivity index (χ0n) is 27.5. The Hall–Kier alpha value is -0.530. The van der Waals surface area contributed by atoms with E-state index in [4.69, 9.17) is 0 Å². The van der Waals surface area contributed by atoms with Gasteiger partial charge >= 0.3 is 0 Å². The molecule has 2 heteroatoms. The largest absolute Gasteiger partial charge is 0.342 e. The number of hydrogen-bond donors (Lipinski definition) is 0. The van der Waals surface area contributed by atoms with Gasteiger partial charge in [0.2, 0.25) is 5.91 Å². The summed E-state index contributed by atoms with van der Waals surface area (Å²) in [7, 11) is 0. The molecule has 0 aromatic rings. The first-order valence-electron chi connectivity index (χ1n) is 17.6. The summed E-state index contributed by atoms with van der Waals surface area (Å²) in [4.78, 5) is 15.7. The van der Waals surface area contributed by atoms with E-state index in [9.17, 15) is 4.79 Å². The number of rotatable bonds is 29. The highest BCUT2D eigenvalue weighted by atomic mass is 16.2. The Balaban J connectivity index is 4.14. The van der Waals surface area contributed by atoms with Gasteiger partial charge in [0.1, 0.15) is 0 Å². The van der Waals surface area contributed by atoms with Crippen LogP contribution in [0.3, 0.4) is 0 Å². The first-order chi connectivity index (χ1) is 18.3. The van der Waals surface area contributed by atoms with Crippen molar-refractivity contribution in [2.24, 2.45) is 11.3 Å². The van der Waals surface area contributed by atoms with Gasteiger partial charge in [-0.05, 0) is 25.2 Å². The highest BCUT2D eigenvalue weighted by Crippen LogP contribution is 2.28. The number of hydrogen-bond acceptors (Lipinski definition) is 1. The van der Waals surface area contributed by atoms with E-state index >= 15 is 0 Å². The minimum atomic E-state index is -0.234. The van der Waals surface area contributed by atoms with Crippen LogP contribution in [0.15, 0.2) is 0 Å². The molecule has 1 amide bonds. The molecule has 0 aromatic heterocycles. The molecule has 228 valence electrons. The molecule has 0 heterocycles. The molecule has 0 saturated carbocycles. The summed E-state index contributed by atoms with van der Waals surface area (Å²) in [5.41, 5.74) is -0.234. The smallest absolute Gasteiger partial charge is 0.228 e. The van der Waals surface area contributed by atoms with Gasteiger partial charge in [-0.25, -0.2) is 0 Å². The first-order valence-corrected chi connectivity index (χ1v) is 17.6. The molecule has 0 rings (SSSR count). The van der Waals surface area contributed by atoms with Gasteiger partial charge in [-0.1, -0.05) is 183 Å². The Kier molecular flexibility index (Phi) is 26.3. The van der Waals surface area contributed by atoms with Gasteiger partial charge in [-0.15, -0.1) is 0 Å². The Morgan fingerprint density at radius 2 is 0.763 bits per heavy atom. The van der Waals surface area contributed by atoms with E-state index in [2.05, 4.69) is 46.4 Å². The van der Waals surface area contributed by atoms with Crippen molar-refractivity contribution in [2.45, 2.75) is 202 Å². The lowest BCUT2D eigenvalue weighted by atomic mass is 9.82. The van der Waals surface area contributed by atoms with Gasteiger partial charge in [-0.3, -0.25) is 4.79 Å². The van der Waals surface area contributed by atoms with Crippen LogP contribution in [0, 0.1) is 11.3 Å². The Morgan fingerprint density at radius 3 is 1.03 bits per heavy atom. The molecule has 0 aliphatic rings. The highest BCUT2D eigenvalue weighted by Gasteiger charge is 2.32. The fraction of sp³-hybridized carbons (Fsp3) is 0.972. The average molecular weight is 536 g/mol. The SMILES string of the molecule is CCCCCCCCCCCCCCN(CCCCCCCCCCCCCC)C(=O)C(C)(C)CC(C)C. The van der Waals surface area contributed by atoms with Crippen molar-refractivity contribution < 1.29 is 4.79 Å². The lowest BCUT2D eigenvalue weighted by Crippen LogP contribution is -2.42. The molecule has 0 spiro atoms. The minimum Gasteiger partial charge on any atom is -0.342 e. The van der Waals surface area contributed by atoms with Crippen LogP contribution >= 0.6 is 0 Å². The van der Waals surface area contributed by atoms with Gasteiger partial charge in [0.15, 0.2) is 0 Å². The third-order valence-corrected chi connectivity index (χ3v) is 8.35. The van der Waals surface area contributed by atoms with Crippen LogP contribution < -0.4 is 0 Å². The van der Waals surface area contributed by atoms with E-state index in [1.807, 2.05) is 0 Å². The maximum absolute atomic E-state index is 13.5. The predicted octanol–water partition coefficient (Wildman–Crippen LogP) is 12.3. The number of amides is 1. The standard InChI is InChI=1S/C36H73NO/c1-7-9-11-13-15-17-19-21-23-25-27-29-31-37(35(38)36(5,6)33-34(3)4)32-30-28-26-24-22-20-18-16-14-12-10-8-2/h34H,7-33H2,1-6H3. The molecule has 0 radical (unpaired) electrons. The van der Waals surface area contributed by atoms with Crippen molar-refractivity contribution in [3.63, 3.8) is 0 Å². The molecular weight excluding hydrogens is 462 g/mol. The normalized spacial score (nSPS) is 12.0. The minimum absolute atomic E-state index is 0.234. The van der Waals surface area contributed by atoms with Crippen LogP contribution in [0.1, 0.15) is 202 Å². The van der Waals surface area contributed by atoms with E-state index in [0.717, 1.165) is 19.5 Å². The van der Waals surface area contributed by atoms with Gasteiger partial charge in [0.05, 0.1) is 0 Å². The summed E-state index contributed by atoms with van der Waals surface area (Å²) in [5, 5.41) is 0. The van der Waals surface area contributed by atoms with Crippen molar-refractivity contribution >= 4 is 5.91 Å². The number of carbonyl (C=O) groups is 1. The third kappa shape index (κ3) is 23.4. The number of carbonyl (C=O) groups excluding carboxylic acids is 1. The lowest BCUT2D eigenvalue weighted by molar-refractivity contribution is -0.141. The van der Waals surface area contributed by atoms with Crippen LogP contribution in [-0.2, 0) is 4.79 Å². The summed E-state index contributed by atoms with van der Waals surface area (Å²) in [5.74, 6) is 0.964. The molecule has 0 bridgehead atoms. The van der Waals surface area contributed by atoms with Gasteiger partial charge in [0, 0.05) is 18.5 Å². The molecule has 0 aliphatic carbocycles. The molecule has 0 N–H and O–H groups in total.